The Morgan fingerprint density at radius 1 is 1.05 bits per heavy atom. The topological polar surface area (TPSA) is 32.3 Å². The highest BCUT2D eigenvalue weighted by atomic mass is 16.2. The van der Waals surface area contributed by atoms with E-state index < -0.39 is 0 Å². The first-order valence-electron chi connectivity index (χ1n) is 8.19. The van der Waals surface area contributed by atoms with Gasteiger partial charge < -0.3 is 10.2 Å². The summed E-state index contributed by atoms with van der Waals surface area (Å²) in [6.45, 7) is 8.82. The zero-order valence-electron chi connectivity index (χ0n) is 13.6. The van der Waals surface area contributed by atoms with E-state index in [4.69, 9.17) is 0 Å². The molecule has 1 atom stereocenters. The molecule has 1 N–H and O–H groups in total. The van der Waals surface area contributed by atoms with Gasteiger partial charge in [0.1, 0.15) is 0 Å². The smallest absolute Gasteiger partial charge is 0.236 e. The van der Waals surface area contributed by atoms with E-state index in [-0.39, 0.29) is 11.9 Å². The number of carbonyl (C=O) groups is 1. The molecular formula is C18H28N2O. The monoisotopic (exact) mass is 288 g/mol. The molecule has 1 aromatic carbocycles. The number of hydrogen-bond acceptors (Lipinski definition) is 2. The predicted octanol–water partition coefficient (Wildman–Crippen LogP) is 3.47. The first kappa shape index (κ1) is 16.0. The molecule has 3 heteroatoms. The molecule has 2 rings (SSSR count). The molecule has 3 nitrogen and oxygen atoms in total. The minimum absolute atomic E-state index is 0.208. The SMILES string of the molecule is CC(C)c1ccc(C(C)NCC(=O)N2CCCCC2)cc1. The lowest BCUT2D eigenvalue weighted by Crippen LogP contribution is -2.41. The Bertz CT molecular complexity index is 447. The molecule has 1 heterocycles. The van der Waals surface area contributed by atoms with Crippen molar-refractivity contribution < 1.29 is 4.79 Å². The lowest BCUT2D eigenvalue weighted by atomic mass is 9.99. The number of piperidine rings is 1. The Morgan fingerprint density at radius 3 is 2.19 bits per heavy atom. The minimum atomic E-state index is 0.208. The van der Waals surface area contributed by atoms with E-state index in [0.717, 1.165) is 25.9 Å². The van der Waals surface area contributed by atoms with Crippen LogP contribution in [-0.4, -0.2) is 30.4 Å². The summed E-state index contributed by atoms with van der Waals surface area (Å²) in [6.07, 6.45) is 3.56. The van der Waals surface area contributed by atoms with Crippen molar-refractivity contribution in [3.8, 4) is 0 Å². The molecule has 0 saturated carbocycles. The van der Waals surface area contributed by atoms with Crippen LogP contribution < -0.4 is 5.32 Å². The Balaban J connectivity index is 1.83. The molecule has 0 bridgehead atoms. The van der Waals surface area contributed by atoms with Crippen LogP contribution >= 0.6 is 0 Å². The largest absolute Gasteiger partial charge is 0.342 e. The van der Waals surface area contributed by atoms with Crippen LogP contribution in [0.5, 0.6) is 0 Å². The standard InChI is InChI=1S/C18H28N2O/c1-14(2)16-7-9-17(10-8-16)15(3)19-13-18(21)20-11-5-4-6-12-20/h7-10,14-15,19H,4-6,11-13H2,1-3H3. The molecule has 0 aromatic heterocycles. The van der Waals surface area contributed by atoms with E-state index >= 15 is 0 Å². The first-order chi connectivity index (χ1) is 10.1. The number of likely N-dealkylation sites (tertiary alicyclic amines) is 1. The van der Waals surface area contributed by atoms with Crippen molar-refractivity contribution in [2.75, 3.05) is 19.6 Å². The van der Waals surface area contributed by atoms with E-state index in [2.05, 4.69) is 50.4 Å². The molecule has 116 valence electrons. The molecule has 1 fully saturated rings. The molecule has 1 saturated heterocycles. The van der Waals surface area contributed by atoms with Gasteiger partial charge in [-0.25, -0.2) is 0 Å². The van der Waals surface area contributed by atoms with Gasteiger partial charge in [-0.15, -0.1) is 0 Å². The van der Waals surface area contributed by atoms with Crippen LogP contribution in [0.15, 0.2) is 24.3 Å². The summed E-state index contributed by atoms with van der Waals surface area (Å²) in [7, 11) is 0. The van der Waals surface area contributed by atoms with E-state index in [1.165, 1.54) is 17.5 Å². The highest BCUT2D eigenvalue weighted by Gasteiger charge is 2.17. The number of rotatable bonds is 5. The van der Waals surface area contributed by atoms with Crippen LogP contribution in [0.1, 0.15) is 63.1 Å². The second kappa shape index (κ2) is 7.60. The summed E-state index contributed by atoms with van der Waals surface area (Å²) in [4.78, 5) is 14.1. The van der Waals surface area contributed by atoms with Crippen molar-refractivity contribution in [3.63, 3.8) is 0 Å². The number of nitrogens with zero attached hydrogens (tertiary/aromatic N) is 1. The van der Waals surface area contributed by atoms with Crippen LogP contribution in [0.25, 0.3) is 0 Å². The van der Waals surface area contributed by atoms with Gasteiger partial charge in [-0.05, 0) is 43.2 Å². The zero-order chi connectivity index (χ0) is 15.2. The molecule has 1 aliphatic heterocycles. The number of carbonyl (C=O) groups excluding carboxylic acids is 1. The van der Waals surface area contributed by atoms with Crippen LogP contribution in [0, 0.1) is 0 Å². The molecule has 1 unspecified atom stereocenters. The van der Waals surface area contributed by atoms with E-state index in [1.807, 2.05) is 4.90 Å². The summed E-state index contributed by atoms with van der Waals surface area (Å²) >= 11 is 0. The minimum Gasteiger partial charge on any atom is -0.342 e. The number of benzene rings is 1. The quantitative estimate of drug-likeness (QED) is 0.899. The Labute approximate surface area is 128 Å². The fourth-order valence-electron chi connectivity index (χ4n) is 2.78. The molecule has 0 spiro atoms. The average molecular weight is 288 g/mol. The van der Waals surface area contributed by atoms with Crippen LogP contribution in [-0.2, 0) is 4.79 Å². The summed E-state index contributed by atoms with van der Waals surface area (Å²) in [6, 6.07) is 8.91. The van der Waals surface area contributed by atoms with E-state index in [1.54, 1.807) is 0 Å². The zero-order valence-corrected chi connectivity index (χ0v) is 13.6. The highest BCUT2D eigenvalue weighted by molar-refractivity contribution is 5.78. The van der Waals surface area contributed by atoms with Crippen LogP contribution in [0.4, 0.5) is 0 Å². The van der Waals surface area contributed by atoms with E-state index in [0.29, 0.717) is 12.5 Å². The maximum Gasteiger partial charge on any atom is 0.236 e. The number of amides is 1. The summed E-state index contributed by atoms with van der Waals surface area (Å²) in [5.41, 5.74) is 2.60. The van der Waals surface area contributed by atoms with E-state index in [9.17, 15) is 4.79 Å². The third-order valence-electron chi connectivity index (χ3n) is 4.37. The molecule has 1 aromatic rings. The summed E-state index contributed by atoms with van der Waals surface area (Å²) in [5.74, 6) is 0.795. The van der Waals surface area contributed by atoms with Crippen molar-refractivity contribution in [1.29, 1.82) is 0 Å². The fraction of sp³-hybridized carbons (Fsp3) is 0.611. The second-order valence-electron chi connectivity index (χ2n) is 6.37. The summed E-state index contributed by atoms with van der Waals surface area (Å²) < 4.78 is 0. The molecule has 1 amide bonds. The molecule has 0 aliphatic carbocycles. The molecular weight excluding hydrogens is 260 g/mol. The predicted molar refractivity (Wildman–Crippen MR) is 87.4 cm³/mol. The normalized spacial score (nSPS) is 17.0. The average Bonchev–Trinajstić information content (AvgIpc) is 2.53. The number of hydrogen-bond donors (Lipinski definition) is 1. The summed E-state index contributed by atoms with van der Waals surface area (Å²) in [5, 5.41) is 3.35. The van der Waals surface area contributed by atoms with Crippen molar-refractivity contribution in [1.82, 2.24) is 10.2 Å². The maximum atomic E-state index is 12.1. The van der Waals surface area contributed by atoms with Gasteiger partial charge in [0.05, 0.1) is 6.54 Å². The maximum absolute atomic E-state index is 12.1. The highest BCUT2D eigenvalue weighted by Crippen LogP contribution is 2.18. The van der Waals surface area contributed by atoms with Gasteiger partial charge in [0.15, 0.2) is 0 Å². The fourth-order valence-corrected chi connectivity index (χ4v) is 2.78. The molecule has 0 radical (unpaired) electrons. The van der Waals surface area contributed by atoms with Gasteiger partial charge in [-0.1, -0.05) is 38.1 Å². The van der Waals surface area contributed by atoms with Crippen LogP contribution in [0.2, 0.25) is 0 Å². The third kappa shape index (κ3) is 4.57. The Morgan fingerprint density at radius 2 is 1.62 bits per heavy atom. The van der Waals surface area contributed by atoms with Gasteiger partial charge in [-0.3, -0.25) is 4.79 Å². The van der Waals surface area contributed by atoms with Crippen molar-refractivity contribution in [2.45, 2.75) is 52.0 Å². The van der Waals surface area contributed by atoms with Gasteiger partial charge in [0.25, 0.3) is 0 Å². The lowest BCUT2D eigenvalue weighted by Gasteiger charge is -2.27. The van der Waals surface area contributed by atoms with Crippen molar-refractivity contribution in [3.05, 3.63) is 35.4 Å². The Kier molecular flexibility index (Phi) is 5.80. The third-order valence-corrected chi connectivity index (χ3v) is 4.37. The van der Waals surface area contributed by atoms with Gasteiger partial charge >= 0.3 is 0 Å². The van der Waals surface area contributed by atoms with Crippen molar-refractivity contribution in [2.24, 2.45) is 0 Å². The molecule has 1 aliphatic rings. The van der Waals surface area contributed by atoms with Gasteiger partial charge in [0, 0.05) is 19.1 Å². The van der Waals surface area contributed by atoms with Crippen molar-refractivity contribution >= 4 is 5.91 Å². The number of nitrogens with one attached hydrogen (secondary N) is 1. The Hall–Kier alpha value is -1.35. The first-order valence-corrected chi connectivity index (χ1v) is 8.19. The molecule has 21 heavy (non-hydrogen) atoms. The lowest BCUT2D eigenvalue weighted by molar-refractivity contribution is -0.131. The van der Waals surface area contributed by atoms with Crippen LogP contribution in [0.3, 0.4) is 0 Å². The van der Waals surface area contributed by atoms with Gasteiger partial charge in [0.2, 0.25) is 5.91 Å². The van der Waals surface area contributed by atoms with Gasteiger partial charge in [-0.2, -0.15) is 0 Å². The second-order valence-corrected chi connectivity index (χ2v) is 6.37.